The topological polar surface area (TPSA) is 26.0 Å². The van der Waals surface area contributed by atoms with Crippen LogP contribution in [0.1, 0.15) is 12.8 Å². The Hall–Kier alpha value is -0.300. The SMILES string of the molecule is NC1[C@H]2C=C[C@H]1CC2. The minimum Gasteiger partial charge on any atom is -0.327 e. The van der Waals surface area contributed by atoms with E-state index in [0.717, 1.165) is 11.8 Å². The molecule has 0 aliphatic heterocycles. The molecule has 2 bridgehead atoms. The number of fused-ring (bicyclic) bond motifs is 2. The van der Waals surface area contributed by atoms with E-state index in [1.54, 1.807) is 0 Å². The first-order valence-electron chi connectivity index (χ1n) is 3.32. The lowest BCUT2D eigenvalue weighted by Gasteiger charge is -2.05. The summed E-state index contributed by atoms with van der Waals surface area (Å²) >= 11 is 0. The van der Waals surface area contributed by atoms with Gasteiger partial charge in [-0.05, 0) is 24.7 Å². The molecule has 0 amide bonds. The van der Waals surface area contributed by atoms with Crippen molar-refractivity contribution in [1.82, 2.24) is 0 Å². The molecule has 0 unspecified atom stereocenters. The van der Waals surface area contributed by atoms with Crippen molar-refractivity contribution in [3.05, 3.63) is 12.2 Å². The van der Waals surface area contributed by atoms with E-state index in [1.165, 1.54) is 12.8 Å². The van der Waals surface area contributed by atoms with Crippen molar-refractivity contribution >= 4 is 0 Å². The van der Waals surface area contributed by atoms with Gasteiger partial charge in [0, 0.05) is 6.04 Å². The molecule has 0 heterocycles. The van der Waals surface area contributed by atoms with Gasteiger partial charge in [0.25, 0.3) is 0 Å². The molecule has 1 fully saturated rings. The van der Waals surface area contributed by atoms with Crippen molar-refractivity contribution in [1.29, 1.82) is 0 Å². The molecule has 1 heteroatoms. The molecule has 0 aromatic rings. The molecule has 0 saturated heterocycles. The molecule has 1 saturated carbocycles. The van der Waals surface area contributed by atoms with Crippen molar-refractivity contribution in [2.75, 3.05) is 0 Å². The first-order valence-corrected chi connectivity index (χ1v) is 3.32. The highest BCUT2D eigenvalue weighted by Gasteiger charge is 2.34. The quantitative estimate of drug-likeness (QED) is 0.460. The van der Waals surface area contributed by atoms with Gasteiger partial charge in [0.1, 0.15) is 0 Å². The molecule has 0 aromatic heterocycles. The van der Waals surface area contributed by atoms with Crippen LogP contribution in [0.25, 0.3) is 0 Å². The van der Waals surface area contributed by atoms with Crippen LogP contribution in [0.2, 0.25) is 0 Å². The molecule has 2 N–H and O–H groups in total. The maximum Gasteiger partial charge on any atom is 0.0165 e. The third-order valence-electron chi connectivity index (χ3n) is 2.43. The summed E-state index contributed by atoms with van der Waals surface area (Å²) in [6.45, 7) is 0. The Morgan fingerprint density at radius 3 is 1.75 bits per heavy atom. The normalized spacial score (nSPS) is 50.9. The summed E-state index contributed by atoms with van der Waals surface area (Å²) in [7, 11) is 0. The highest BCUT2D eigenvalue weighted by molar-refractivity contribution is 5.13. The fourth-order valence-corrected chi connectivity index (χ4v) is 1.82. The number of rotatable bonds is 0. The Balaban J connectivity index is 2.27. The van der Waals surface area contributed by atoms with Crippen LogP contribution in [-0.4, -0.2) is 6.04 Å². The molecule has 0 spiro atoms. The second-order valence-corrected chi connectivity index (χ2v) is 2.87. The van der Waals surface area contributed by atoms with Crippen molar-refractivity contribution in [3.63, 3.8) is 0 Å². The Kier molecular flexibility index (Phi) is 0.770. The first kappa shape index (κ1) is 4.57. The van der Waals surface area contributed by atoms with Gasteiger partial charge in [-0.1, -0.05) is 12.2 Å². The van der Waals surface area contributed by atoms with Crippen molar-refractivity contribution in [2.24, 2.45) is 17.6 Å². The Morgan fingerprint density at radius 2 is 1.62 bits per heavy atom. The highest BCUT2D eigenvalue weighted by atomic mass is 14.7. The summed E-state index contributed by atoms with van der Waals surface area (Å²) in [5, 5.41) is 0. The fourth-order valence-electron chi connectivity index (χ4n) is 1.82. The second kappa shape index (κ2) is 1.35. The standard InChI is InChI=1S/C7H11N/c8-7-5-1-2-6(7)4-3-5/h1-2,5-7H,3-4,8H2/t5-,6-/m0/s1. The average molecular weight is 109 g/mol. The second-order valence-electron chi connectivity index (χ2n) is 2.87. The van der Waals surface area contributed by atoms with Gasteiger partial charge in [0.15, 0.2) is 0 Å². The van der Waals surface area contributed by atoms with Crippen LogP contribution >= 0.6 is 0 Å². The van der Waals surface area contributed by atoms with Crippen molar-refractivity contribution < 1.29 is 0 Å². The summed E-state index contributed by atoms with van der Waals surface area (Å²) in [4.78, 5) is 0. The zero-order valence-corrected chi connectivity index (χ0v) is 4.88. The zero-order chi connectivity index (χ0) is 5.56. The summed E-state index contributed by atoms with van der Waals surface area (Å²) in [6, 6.07) is 0.481. The maximum absolute atomic E-state index is 5.82. The van der Waals surface area contributed by atoms with Crippen LogP contribution in [0.5, 0.6) is 0 Å². The summed E-state index contributed by atoms with van der Waals surface area (Å²) < 4.78 is 0. The third-order valence-corrected chi connectivity index (χ3v) is 2.43. The maximum atomic E-state index is 5.82. The average Bonchev–Trinajstić information content (AvgIpc) is 2.29. The summed E-state index contributed by atoms with van der Waals surface area (Å²) in [5.74, 6) is 1.47. The predicted octanol–water partition coefficient (Wildman–Crippen LogP) is 0.910. The number of hydrogen-bond donors (Lipinski definition) is 1. The van der Waals surface area contributed by atoms with Crippen LogP contribution in [-0.2, 0) is 0 Å². The number of hydrogen-bond acceptors (Lipinski definition) is 1. The lowest BCUT2D eigenvalue weighted by atomic mass is 10.1. The van der Waals surface area contributed by atoms with Crippen LogP contribution in [0.4, 0.5) is 0 Å². The molecule has 0 aromatic carbocycles. The van der Waals surface area contributed by atoms with Gasteiger partial charge in [-0.25, -0.2) is 0 Å². The molecule has 2 aliphatic rings. The van der Waals surface area contributed by atoms with E-state index in [-0.39, 0.29) is 0 Å². The van der Waals surface area contributed by atoms with Gasteiger partial charge < -0.3 is 5.73 Å². The molecule has 8 heavy (non-hydrogen) atoms. The van der Waals surface area contributed by atoms with E-state index in [2.05, 4.69) is 12.2 Å². The van der Waals surface area contributed by atoms with Crippen LogP contribution in [0.3, 0.4) is 0 Å². The van der Waals surface area contributed by atoms with Gasteiger partial charge in [-0.15, -0.1) is 0 Å². The Morgan fingerprint density at radius 1 is 1.12 bits per heavy atom. The van der Waals surface area contributed by atoms with Crippen molar-refractivity contribution in [3.8, 4) is 0 Å². The van der Waals surface area contributed by atoms with E-state index < -0.39 is 0 Å². The highest BCUT2D eigenvalue weighted by Crippen LogP contribution is 2.37. The van der Waals surface area contributed by atoms with Crippen LogP contribution in [0.15, 0.2) is 12.2 Å². The van der Waals surface area contributed by atoms with Gasteiger partial charge in [0.05, 0.1) is 0 Å². The molecular formula is C7H11N. The lowest BCUT2D eigenvalue weighted by Crippen LogP contribution is -2.25. The minimum absolute atomic E-state index is 0.481. The summed E-state index contributed by atoms with van der Waals surface area (Å²) in [6.07, 6.45) is 7.22. The Bertz CT molecular complexity index is 114. The summed E-state index contributed by atoms with van der Waals surface area (Å²) in [5.41, 5.74) is 5.82. The van der Waals surface area contributed by atoms with Crippen molar-refractivity contribution in [2.45, 2.75) is 18.9 Å². The third kappa shape index (κ3) is 0.402. The molecular weight excluding hydrogens is 98.1 g/mol. The molecule has 44 valence electrons. The van der Waals surface area contributed by atoms with Gasteiger partial charge in [-0.2, -0.15) is 0 Å². The van der Waals surface area contributed by atoms with Gasteiger partial charge in [0.2, 0.25) is 0 Å². The van der Waals surface area contributed by atoms with Crippen LogP contribution < -0.4 is 5.73 Å². The fraction of sp³-hybridized carbons (Fsp3) is 0.714. The van der Waals surface area contributed by atoms with Gasteiger partial charge >= 0.3 is 0 Å². The lowest BCUT2D eigenvalue weighted by molar-refractivity contribution is 0.560. The molecule has 0 radical (unpaired) electrons. The molecule has 2 aliphatic carbocycles. The Labute approximate surface area is 49.6 Å². The monoisotopic (exact) mass is 109 g/mol. The largest absolute Gasteiger partial charge is 0.327 e. The first-order chi connectivity index (χ1) is 3.88. The van der Waals surface area contributed by atoms with E-state index in [9.17, 15) is 0 Å². The zero-order valence-electron chi connectivity index (χ0n) is 4.88. The predicted molar refractivity (Wildman–Crippen MR) is 33.3 cm³/mol. The smallest absolute Gasteiger partial charge is 0.0165 e. The molecule has 1 nitrogen and oxygen atoms in total. The van der Waals surface area contributed by atoms with E-state index in [1.807, 2.05) is 0 Å². The van der Waals surface area contributed by atoms with E-state index in [4.69, 9.17) is 5.73 Å². The van der Waals surface area contributed by atoms with E-state index >= 15 is 0 Å². The molecule has 2 atom stereocenters. The minimum atomic E-state index is 0.481. The number of nitrogens with two attached hydrogens (primary N) is 1. The van der Waals surface area contributed by atoms with Gasteiger partial charge in [-0.3, -0.25) is 0 Å². The molecule has 2 rings (SSSR count). The van der Waals surface area contributed by atoms with E-state index in [0.29, 0.717) is 6.04 Å². The van der Waals surface area contributed by atoms with Crippen LogP contribution in [0, 0.1) is 11.8 Å².